The van der Waals surface area contributed by atoms with Crippen LogP contribution < -0.4 is 10.0 Å². The Morgan fingerprint density at radius 1 is 1.35 bits per heavy atom. The highest BCUT2D eigenvalue weighted by Gasteiger charge is 2.17. The molecule has 0 fully saturated rings. The van der Waals surface area contributed by atoms with E-state index in [4.69, 9.17) is 5.11 Å². The summed E-state index contributed by atoms with van der Waals surface area (Å²) in [6.45, 7) is 3.08. The van der Waals surface area contributed by atoms with E-state index < -0.39 is 28.4 Å². The molecular weight excluding hydrogens is 286 g/mol. The first-order chi connectivity index (χ1) is 9.22. The summed E-state index contributed by atoms with van der Waals surface area (Å²) < 4.78 is 25.7. The molecule has 0 bridgehead atoms. The van der Waals surface area contributed by atoms with E-state index in [1.165, 1.54) is 0 Å². The minimum Gasteiger partial charge on any atom is -0.478 e. The van der Waals surface area contributed by atoms with Gasteiger partial charge in [-0.2, -0.15) is 0 Å². The molecule has 0 saturated carbocycles. The number of rotatable bonds is 6. The number of hydrogen-bond acceptors (Lipinski definition) is 5. The van der Waals surface area contributed by atoms with Crippen molar-refractivity contribution in [3.63, 3.8) is 0 Å². The molecule has 0 aliphatic heterocycles. The first-order valence-corrected chi connectivity index (χ1v) is 7.19. The van der Waals surface area contributed by atoms with Gasteiger partial charge < -0.3 is 10.4 Å². The number of aromatic nitrogens is 1. The van der Waals surface area contributed by atoms with Crippen molar-refractivity contribution in [2.75, 3.05) is 6.54 Å². The molecule has 0 aliphatic rings. The van der Waals surface area contributed by atoms with Gasteiger partial charge in [0.05, 0.1) is 12.1 Å². The van der Waals surface area contributed by atoms with Crippen molar-refractivity contribution in [1.82, 2.24) is 15.0 Å². The summed E-state index contributed by atoms with van der Waals surface area (Å²) in [5.74, 6) is -1.67. The highest BCUT2D eigenvalue weighted by Crippen LogP contribution is 2.06. The van der Waals surface area contributed by atoms with Crippen LogP contribution in [0.5, 0.6) is 0 Å². The van der Waals surface area contributed by atoms with Gasteiger partial charge in [0.25, 0.3) is 10.0 Å². The molecule has 8 nitrogen and oxygen atoms in total. The Hall–Kier alpha value is -2.00. The number of amides is 1. The van der Waals surface area contributed by atoms with Crippen LogP contribution in [0.1, 0.15) is 24.2 Å². The largest absolute Gasteiger partial charge is 0.478 e. The zero-order valence-corrected chi connectivity index (χ0v) is 11.8. The number of carbonyl (C=O) groups excluding carboxylic acids is 1. The Labute approximate surface area is 116 Å². The topological polar surface area (TPSA) is 125 Å². The first-order valence-electron chi connectivity index (χ1n) is 5.71. The smallest absolute Gasteiger partial charge is 0.337 e. The van der Waals surface area contributed by atoms with Gasteiger partial charge in [0.15, 0.2) is 5.03 Å². The SMILES string of the molecule is CC(C)NC(=O)CNS(=O)(=O)c1ccc(C(=O)O)cn1. The van der Waals surface area contributed by atoms with Gasteiger partial charge in [-0.3, -0.25) is 4.79 Å². The fraction of sp³-hybridized carbons (Fsp3) is 0.364. The minimum atomic E-state index is -3.95. The van der Waals surface area contributed by atoms with Gasteiger partial charge in [-0.05, 0) is 26.0 Å². The molecule has 3 N–H and O–H groups in total. The number of carboxylic acid groups (broad SMARTS) is 1. The number of sulfonamides is 1. The van der Waals surface area contributed by atoms with E-state index in [9.17, 15) is 18.0 Å². The van der Waals surface area contributed by atoms with Crippen LogP contribution in [0.4, 0.5) is 0 Å². The predicted molar refractivity (Wildman–Crippen MR) is 69.7 cm³/mol. The maximum Gasteiger partial charge on any atom is 0.337 e. The summed E-state index contributed by atoms with van der Waals surface area (Å²) in [5, 5.41) is 10.9. The van der Waals surface area contributed by atoms with Crippen molar-refractivity contribution in [3.8, 4) is 0 Å². The normalized spacial score (nSPS) is 11.3. The molecule has 0 radical (unpaired) electrons. The van der Waals surface area contributed by atoms with Crippen molar-refractivity contribution in [2.45, 2.75) is 24.9 Å². The van der Waals surface area contributed by atoms with E-state index in [-0.39, 0.29) is 16.6 Å². The summed E-state index contributed by atoms with van der Waals surface area (Å²) in [7, 11) is -3.95. The third-order valence-electron chi connectivity index (χ3n) is 2.13. The molecule has 0 spiro atoms. The molecule has 1 aromatic heterocycles. The third-order valence-corrected chi connectivity index (χ3v) is 3.45. The van der Waals surface area contributed by atoms with Gasteiger partial charge in [0.2, 0.25) is 5.91 Å². The lowest BCUT2D eigenvalue weighted by Gasteiger charge is -2.09. The fourth-order valence-electron chi connectivity index (χ4n) is 1.27. The number of nitrogens with zero attached hydrogens (tertiary/aromatic N) is 1. The van der Waals surface area contributed by atoms with Gasteiger partial charge in [0, 0.05) is 12.2 Å². The van der Waals surface area contributed by atoms with E-state index in [1.54, 1.807) is 13.8 Å². The predicted octanol–water partition coefficient (Wildman–Crippen LogP) is -0.417. The second kappa shape index (κ2) is 6.44. The average molecular weight is 301 g/mol. The van der Waals surface area contributed by atoms with Crippen molar-refractivity contribution in [2.24, 2.45) is 0 Å². The third kappa shape index (κ3) is 4.59. The molecule has 0 aliphatic carbocycles. The molecule has 9 heteroatoms. The lowest BCUT2D eigenvalue weighted by molar-refractivity contribution is -0.120. The number of hydrogen-bond donors (Lipinski definition) is 3. The van der Waals surface area contributed by atoms with Gasteiger partial charge in [-0.1, -0.05) is 0 Å². The van der Waals surface area contributed by atoms with E-state index in [2.05, 4.69) is 15.0 Å². The monoisotopic (exact) mass is 301 g/mol. The van der Waals surface area contributed by atoms with E-state index in [0.29, 0.717) is 0 Å². The van der Waals surface area contributed by atoms with Crippen LogP contribution in [0.3, 0.4) is 0 Å². The lowest BCUT2D eigenvalue weighted by atomic mass is 10.3. The number of nitrogens with one attached hydrogen (secondary N) is 2. The molecule has 1 heterocycles. The molecule has 1 rings (SSSR count). The van der Waals surface area contributed by atoms with Crippen LogP contribution in [-0.4, -0.2) is 43.0 Å². The van der Waals surface area contributed by atoms with E-state index >= 15 is 0 Å². The van der Waals surface area contributed by atoms with Crippen molar-refractivity contribution in [3.05, 3.63) is 23.9 Å². The highest BCUT2D eigenvalue weighted by atomic mass is 32.2. The summed E-state index contributed by atoms with van der Waals surface area (Å²) >= 11 is 0. The second-order valence-electron chi connectivity index (χ2n) is 4.24. The first kappa shape index (κ1) is 16.1. The molecule has 0 aromatic carbocycles. The van der Waals surface area contributed by atoms with Gasteiger partial charge in [-0.15, -0.1) is 0 Å². The van der Waals surface area contributed by atoms with Crippen LogP contribution >= 0.6 is 0 Å². The van der Waals surface area contributed by atoms with Crippen LogP contribution in [0.2, 0.25) is 0 Å². The van der Waals surface area contributed by atoms with Crippen LogP contribution in [0.15, 0.2) is 23.4 Å². The maximum atomic E-state index is 11.8. The van der Waals surface area contributed by atoms with E-state index in [0.717, 1.165) is 18.3 Å². The maximum absolute atomic E-state index is 11.8. The van der Waals surface area contributed by atoms with Crippen LogP contribution in [-0.2, 0) is 14.8 Å². The number of aromatic carboxylic acids is 1. The Kier molecular flexibility index (Phi) is 5.17. The highest BCUT2D eigenvalue weighted by molar-refractivity contribution is 7.89. The molecule has 0 atom stereocenters. The number of carboxylic acids is 1. The van der Waals surface area contributed by atoms with Crippen molar-refractivity contribution >= 4 is 21.9 Å². The van der Waals surface area contributed by atoms with E-state index in [1.807, 2.05) is 0 Å². The van der Waals surface area contributed by atoms with Crippen molar-refractivity contribution < 1.29 is 23.1 Å². The summed E-state index contributed by atoms with van der Waals surface area (Å²) in [4.78, 5) is 25.5. The Bertz CT molecular complexity index is 595. The quantitative estimate of drug-likeness (QED) is 0.655. The van der Waals surface area contributed by atoms with Crippen LogP contribution in [0.25, 0.3) is 0 Å². The average Bonchev–Trinajstić information content (AvgIpc) is 2.36. The summed E-state index contributed by atoms with van der Waals surface area (Å²) in [6.07, 6.45) is 0.936. The molecule has 1 aromatic rings. The molecular formula is C11H15N3O5S. The standard InChI is InChI=1S/C11H15N3O5S/c1-7(2)14-9(15)6-13-20(18,19)10-4-3-8(5-12-10)11(16)17/h3-5,7,13H,6H2,1-2H3,(H,14,15)(H,16,17). The van der Waals surface area contributed by atoms with Crippen molar-refractivity contribution in [1.29, 1.82) is 0 Å². The van der Waals surface area contributed by atoms with Gasteiger partial charge >= 0.3 is 5.97 Å². The fourth-order valence-corrected chi connectivity index (χ4v) is 2.18. The molecule has 0 saturated heterocycles. The van der Waals surface area contributed by atoms with Gasteiger partial charge in [0.1, 0.15) is 0 Å². The van der Waals surface area contributed by atoms with Crippen LogP contribution in [0, 0.1) is 0 Å². The summed E-state index contributed by atoms with van der Waals surface area (Å²) in [6, 6.07) is 2.09. The Morgan fingerprint density at radius 2 is 2.00 bits per heavy atom. The molecule has 1 amide bonds. The molecule has 110 valence electrons. The zero-order chi connectivity index (χ0) is 15.3. The Morgan fingerprint density at radius 3 is 2.45 bits per heavy atom. The second-order valence-corrected chi connectivity index (χ2v) is 5.95. The number of pyridine rings is 1. The molecule has 20 heavy (non-hydrogen) atoms. The Balaban J connectivity index is 2.74. The summed E-state index contributed by atoms with van der Waals surface area (Å²) in [5.41, 5.74) is -0.124. The lowest BCUT2D eigenvalue weighted by Crippen LogP contribution is -2.39. The molecule has 0 unspecified atom stereocenters. The minimum absolute atomic E-state index is 0.0972. The zero-order valence-electron chi connectivity index (χ0n) is 11.0. The van der Waals surface area contributed by atoms with Gasteiger partial charge in [-0.25, -0.2) is 22.9 Å². The number of carbonyl (C=O) groups is 2.